The second-order valence-corrected chi connectivity index (χ2v) is 4.49. The molecule has 0 fully saturated rings. The number of rotatable bonds is 2. The summed E-state index contributed by atoms with van der Waals surface area (Å²) in [6.45, 7) is 1.98. The minimum Gasteiger partial charge on any atom is -0.397 e. The van der Waals surface area contributed by atoms with Crippen LogP contribution in [0.2, 0.25) is 0 Å². The van der Waals surface area contributed by atoms with Crippen LogP contribution < -0.4 is 11.1 Å². The number of hydrogen-bond acceptors (Lipinski definition) is 3. The molecule has 0 aliphatic heterocycles. The summed E-state index contributed by atoms with van der Waals surface area (Å²) >= 11 is 3.43. The molecule has 16 heavy (non-hydrogen) atoms. The predicted octanol–water partition coefficient (Wildman–Crippen LogP) is 3.48. The Morgan fingerprint density at radius 2 is 2.12 bits per heavy atom. The molecule has 0 unspecified atom stereocenters. The first-order valence-corrected chi connectivity index (χ1v) is 5.69. The Labute approximate surface area is 103 Å². The number of benzene rings is 1. The van der Waals surface area contributed by atoms with E-state index in [4.69, 9.17) is 5.73 Å². The zero-order valence-corrected chi connectivity index (χ0v) is 10.5. The molecule has 0 spiro atoms. The van der Waals surface area contributed by atoms with Crippen LogP contribution in [0, 0.1) is 6.92 Å². The molecule has 2 aromatic rings. The van der Waals surface area contributed by atoms with Gasteiger partial charge in [0, 0.05) is 10.2 Å². The van der Waals surface area contributed by atoms with E-state index in [9.17, 15) is 0 Å². The molecule has 0 saturated heterocycles. The quantitative estimate of drug-likeness (QED) is 0.884. The summed E-state index contributed by atoms with van der Waals surface area (Å²) in [5.74, 6) is 0.826. The second-order valence-electron chi connectivity index (χ2n) is 3.57. The number of hydrogen-bond donors (Lipinski definition) is 2. The number of anilines is 3. The third-order valence-electron chi connectivity index (χ3n) is 2.19. The molecule has 1 aromatic heterocycles. The van der Waals surface area contributed by atoms with Crippen molar-refractivity contribution in [1.82, 2.24) is 4.98 Å². The molecule has 0 aliphatic carbocycles. The van der Waals surface area contributed by atoms with Crippen molar-refractivity contribution >= 4 is 33.1 Å². The van der Waals surface area contributed by atoms with E-state index in [1.54, 1.807) is 6.20 Å². The SMILES string of the molecule is Cc1cc(N)cnc1Nc1cccc(Br)c1. The fourth-order valence-electron chi connectivity index (χ4n) is 1.43. The lowest BCUT2D eigenvalue weighted by Crippen LogP contribution is -1.97. The molecular weight excluding hydrogens is 266 g/mol. The highest BCUT2D eigenvalue weighted by Crippen LogP contribution is 2.22. The zero-order valence-electron chi connectivity index (χ0n) is 8.87. The monoisotopic (exact) mass is 277 g/mol. The number of nitrogens with one attached hydrogen (secondary N) is 1. The minimum absolute atomic E-state index is 0.678. The van der Waals surface area contributed by atoms with Crippen molar-refractivity contribution in [3.05, 3.63) is 46.6 Å². The van der Waals surface area contributed by atoms with Crippen molar-refractivity contribution in [2.24, 2.45) is 0 Å². The van der Waals surface area contributed by atoms with E-state index in [0.717, 1.165) is 21.5 Å². The van der Waals surface area contributed by atoms with Crippen molar-refractivity contribution < 1.29 is 0 Å². The molecule has 4 heteroatoms. The van der Waals surface area contributed by atoms with Gasteiger partial charge in [0.25, 0.3) is 0 Å². The zero-order chi connectivity index (χ0) is 11.5. The first-order valence-electron chi connectivity index (χ1n) is 4.90. The van der Waals surface area contributed by atoms with Crippen LogP contribution in [0.25, 0.3) is 0 Å². The maximum atomic E-state index is 5.65. The van der Waals surface area contributed by atoms with Crippen LogP contribution in [0.3, 0.4) is 0 Å². The number of aromatic nitrogens is 1. The lowest BCUT2D eigenvalue weighted by atomic mass is 10.2. The Morgan fingerprint density at radius 3 is 2.81 bits per heavy atom. The van der Waals surface area contributed by atoms with Crippen LogP contribution >= 0.6 is 15.9 Å². The van der Waals surface area contributed by atoms with Gasteiger partial charge in [0.1, 0.15) is 5.82 Å². The van der Waals surface area contributed by atoms with E-state index >= 15 is 0 Å². The average molecular weight is 278 g/mol. The fraction of sp³-hybridized carbons (Fsp3) is 0.0833. The van der Waals surface area contributed by atoms with Gasteiger partial charge in [0.2, 0.25) is 0 Å². The van der Waals surface area contributed by atoms with Gasteiger partial charge in [-0.2, -0.15) is 0 Å². The molecule has 0 radical (unpaired) electrons. The van der Waals surface area contributed by atoms with Gasteiger partial charge in [0.05, 0.1) is 11.9 Å². The maximum absolute atomic E-state index is 5.65. The Kier molecular flexibility index (Phi) is 3.10. The molecule has 0 aliphatic rings. The summed E-state index contributed by atoms with van der Waals surface area (Å²) in [5.41, 5.74) is 8.35. The molecule has 1 aromatic carbocycles. The van der Waals surface area contributed by atoms with E-state index < -0.39 is 0 Å². The molecule has 1 heterocycles. The standard InChI is InChI=1S/C12H12BrN3/c1-8-5-10(14)7-15-12(8)16-11-4-2-3-9(13)6-11/h2-7H,14H2,1H3,(H,15,16). The summed E-state index contributed by atoms with van der Waals surface area (Å²) in [6.07, 6.45) is 1.65. The second kappa shape index (κ2) is 4.53. The summed E-state index contributed by atoms with van der Waals surface area (Å²) in [4.78, 5) is 4.25. The number of nitrogens with two attached hydrogens (primary N) is 1. The molecule has 82 valence electrons. The number of nitrogen functional groups attached to an aromatic ring is 1. The maximum Gasteiger partial charge on any atom is 0.133 e. The highest BCUT2D eigenvalue weighted by molar-refractivity contribution is 9.10. The summed E-state index contributed by atoms with van der Waals surface area (Å²) in [5, 5.41) is 3.24. The van der Waals surface area contributed by atoms with Gasteiger partial charge in [-0.1, -0.05) is 22.0 Å². The number of pyridine rings is 1. The first kappa shape index (κ1) is 11.0. The van der Waals surface area contributed by atoms with Gasteiger partial charge >= 0.3 is 0 Å². The lowest BCUT2D eigenvalue weighted by Gasteiger charge is -2.09. The minimum atomic E-state index is 0.678. The van der Waals surface area contributed by atoms with Gasteiger partial charge in [0.15, 0.2) is 0 Å². The summed E-state index contributed by atoms with van der Waals surface area (Å²) < 4.78 is 1.03. The number of nitrogens with zero attached hydrogens (tertiary/aromatic N) is 1. The van der Waals surface area contributed by atoms with Crippen LogP contribution in [0.15, 0.2) is 41.0 Å². The largest absolute Gasteiger partial charge is 0.397 e. The summed E-state index contributed by atoms with van der Waals surface area (Å²) in [6, 6.07) is 9.83. The summed E-state index contributed by atoms with van der Waals surface area (Å²) in [7, 11) is 0. The van der Waals surface area contributed by atoms with Crippen molar-refractivity contribution in [1.29, 1.82) is 0 Å². The number of aryl methyl sites for hydroxylation is 1. The lowest BCUT2D eigenvalue weighted by molar-refractivity contribution is 1.26. The normalized spacial score (nSPS) is 10.1. The van der Waals surface area contributed by atoms with Crippen molar-refractivity contribution in [2.45, 2.75) is 6.92 Å². The average Bonchev–Trinajstić information content (AvgIpc) is 2.22. The van der Waals surface area contributed by atoms with Gasteiger partial charge in [-0.25, -0.2) is 4.98 Å². The molecule has 3 N–H and O–H groups in total. The van der Waals surface area contributed by atoms with Crippen molar-refractivity contribution in [2.75, 3.05) is 11.1 Å². The van der Waals surface area contributed by atoms with E-state index in [-0.39, 0.29) is 0 Å². The van der Waals surface area contributed by atoms with Crippen molar-refractivity contribution in [3.63, 3.8) is 0 Å². The highest BCUT2D eigenvalue weighted by atomic mass is 79.9. The topological polar surface area (TPSA) is 50.9 Å². The van der Waals surface area contributed by atoms with E-state index in [0.29, 0.717) is 5.69 Å². The molecule has 0 saturated carbocycles. The Balaban J connectivity index is 2.27. The Bertz CT molecular complexity index is 511. The van der Waals surface area contributed by atoms with Crippen LogP contribution in [0.4, 0.5) is 17.2 Å². The van der Waals surface area contributed by atoms with Crippen LogP contribution in [-0.2, 0) is 0 Å². The van der Waals surface area contributed by atoms with Gasteiger partial charge in [-0.05, 0) is 36.8 Å². The van der Waals surface area contributed by atoms with E-state index in [1.807, 2.05) is 37.3 Å². The molecular formula is C12H12BrN3. The fourth-order valence-corrected chi connectivity index (χ4v) is 1.83. The van der Waals surface area contributed by atoms with Crippen molar-refractivity contribution in [3.8, 4) is 0 Å². The predicted molar refractivity (Wildman–Crippen MR) is 70.8 cm³/mol. The van der Waals surface area contributed by atoms with E-state index in [2.05, 4.69) is 26.2 Å². The van der Waals surface area contributed by atoms with Gasteiger partial charge in [-0.3, -0.25) is 0 Å². The number of halogens is 1. The molecule has 0 atom stereocenters. The third-order valence-corrected chi connectivity index (χ3v) is 2.68. The molecule has 0 bridgehead atoms. The molecule has 3 nitrogen and oxygen atoms in total. The third kappa shape index (κ3) is 2.52. The van der Waals surface area contributed by atoms with Gasteiger partial charge in [-0.15, -0.1) is 0 Å². The first-order chi connectivity index (χ1) is 7.65. The smallest absolute Gasteiger partial charge is 0.133 e. The molecule has 0 amide bonds. The highest BCUT2D eigenvalue weighted by Gasteiger charge is 2.01. The van der Waals surface area contributed by atoms with Crippen LogP contribution in [0.1, 0.15) is 5.56 Å². The van der Waals surface area contributed by atoms with Gasteiger partial charge < -0.3 is 11.1 Å². The Morgan fingerprint density at radius 1 is 1.31 bits per heavy atom. The molecule has 2 rings (SSSR count). The Hall–Kier alpha value is -1.55. The van der Waals surface area contributed by atoms with Crippen LogP contribution in [0.5, 0.6) is 0 Å². The van der Waals surface area contributed by atoms with Crippen LogP contribution in [-0.4, -0.2) is 4.98 Å². The van der Waals surface area contributed by atoms with E-state index in [1.165, 1.54) is 0 Å².